The topological polar surface area (TPSA) is 91.4 Å². The average Bonchev–Trinajstić information content (AvgIpc) is 3.38. The fourth-order valence-electron chi connectivity index (χ4n) is 3.79. The number of nitrogens with zero attached hydrogens (tertiary/aromatic N) is 2. The van der Waals surface area contributed by atoms with E-state index in [1.165, 1.54) is 17.4 Å². The Kier molecular flexibility index (Phi) is 9.58. The molecule has 180 valence electrons. The summed E-state index contributed by atoms with van der Waals surface area (Å²) in [6, 6.07) is 8.02. The van der Waals surface area contributed by atoms with E-state index < -0.39 is 6.04 Å². The van der Waals surface area contributed by atoms with Gasteiger partial charge in [-0.1, -0.05) is 45.0 Å². The summed E-state index contributed by atoms with van der Waals surface area (Å²) in [5.41, 5.74) is 4.93. The maximum absolute atomic E-state index is 12.4. The van der Waals surface area contributed by atoms with Crippen molar-refractivity contribution in [3.05, 3.63) is 41.0 Å². The standard InChI is InChI=1S/C13H24N2O2.C12H12N2OS/c1-9-7-6-8-15(9)12(17)11(13(3,4)5)14-10(2)16;1-9-12(16-8-14-9)11-4-2-10(3-5-11)6-13-7-15/h9,11H,6-8H2,1-5H3,(H,14,16);2-5,7-8H,6H2,1H3,(H,13,15). The molecule has 0 bridgehead atoms. The lowest BCUT2D eigenvalue weighted by molar-refractivity contribution is -0.139. The minimum Gasteiger partial charge on any atom is -0.355 e. The molecule has 2 atom stereocenters. The lowest BCUT2D eigenvalue weighted by atomic mass is 9.85. The third-order valence-corrected chi connectivity index (χ3v) is 6.63. The van der Waals surface area contributed by atoms with E-state index in [1.807, 2.05) is 50.2 Å². The van der Waals surface area contributed by atoms with Gasteiger partial charge in [-0.05, 0) is 43.2 Å². The minimum absolute atomic E-state index is 0.0534. The highest BCUT2D eigenvalue weighted by Crippen LogP contribution is 2.27. The number of amides is 3. The lowest BCUT2D eigenvalue weighted by Gasteiger charge is -2.34. The van der Waals surface area contributed by atoms with Crippen LogP contribution >= 0.6 is 11.3 Å². The molecule has 2 heterocycles. The van der Waals surface area contributed by atoms with E-state index in [9.17, 15) is 14.4 Å². The number of thiazole rings is 1. The van der Waals surface area contributed by atoms with Crippen molar-refractivity contribution in [2.75, 3.05) is 6.54 Å². The number of carbonyl (C=O) groups is 3. The largest absolute Gasteiger partial charge is 0.355 e. The number of nitrogens with one attached hydrogen (secondary N) is 2. The fourth-order valence-corrected chi connectivity index (χ4v) is 4.60. The first-order chi connectivity index (χ1) is 15.5. The van der Waals surface area contributed by atoms with Gasteiger partial charge < -0.3 is 15.5 Å². The van der Waals surface area contributed by atoms with Gasteiger partial charge in [-0.3, -0.25) is 14.4 Å². The highest BCUT2D eigenvalue weighted by molar-refractivity contribution is 7.13. The van der Waals surface area contributed by atoms with Gasteiger partial charge in [0.1, 0.15) is 6.04 Å². The predicted octanol–water partition coefficient (Wildman–Crippen LogP) is 3.91. The molecule has 0 saturated carbocycles. The minimum atomic E-state index is -0.430. The molecule has 3 amide bonds. The Morgan fingerprint density at radius 3 is 2.39 bits per heavy atom. The van der Waals surface area contributed by atoms with Crippen molar-refractivity contribution in [1.29, 1.82) is 0 Å². The van der Waals surface area contributed by atoms with Crippen LogP contribution in [0, 0.1) is 12.3 Å². The van der Waals surface area contributed by atoms with Crippen molar-refractivity contribution in [2.45, 2.75) is 73.0 Å². The molecule has 0 radical (unpaired) electrons. The zero-order chi connectivity index (χ0) is 24.6. The maximum atomic E-state index is 12.4. The zero-order valence-corrected chi connectivity index (χ0v) is 21.3. The van der Waals surface area contributed by atoms with Crippen molar-refractivity contribution in [2.24, 2.45) is 5.41 Å². The van der Waals surface area contributed by atoms with E-state index >= 15 is 0 Å². The second-order valence-electron chi connectivity index (χ2n) is 9.49. The summed E-state index contributed by atoms with van der Waals surface area (Å²) in [6.07, 6.45) is 2.83. The number of rotatable bonds is 6. The van der Waals surface area contributed by atoms with Crippen LogP contribution in [0.5, 0.6) is 0 Å². The molecule has 33 heavy (non-hydrogen) atoms. The highest BCUT2D eigenvalue weighted by atomic mass is 32.1. The summed E-state index contributed by atoms with van der Waals surface area (Å²) in [5, 5.41) is 5.43. The van der Waals surface area contributed by atoms with E-state index in [4.69, 9.17) is 0 Å². The first-order valence-corrected chi connectivity index (χ1v) is 12.2. The normalized spacial score (nSPS) is 16.4. The molecular weight excluding hydrogens is 436 g/mol. The van der Waals surface area contributed by atoms with Crippen LogP contribution < -0.4 is 10.6 Å². The van der Waals surface area contributed by atoms with Crippen molar-refractivity contribution in [3.8, 4) is 10.4 Å². The monoisotopic (exact) mass is 472 g/mol. The molecule has 1 aromatic heterocycles. The van der Waals surface area contributed by atoms with E-state index in [-0.39, 0.29) is 17.2 Å². The average molecular weight is 473 g/mol. The summed E-state index contributed by atoms with van der Waals surface area (Å²) >= 11 is 1.64. The molecule has 3 rings (SSSR count). The molecule has 0 aliphatic carbocycles. The molecule has 1 saturated heterocycles. The molecule has 7 nitrogen and oxygen atoms in total. The Morgan fingerprint density at radius 1 is 1.27 bits per heavy atom. The van der Waals surface area contributed by atoms with Gasteiger partial charge in [-0.15, -0.1) is 11.3 Å². The third kappa shape index (κ3) is 7.67. The number of aryl methyl sites for hydroxylation is 1. The zero-order valence-electron chi connectivity index (χ0n) is 20.5. The molecule has 2 N–H and O–H groups in total. The SMILES string of the molecule is CC(=O)NC(C(=O)N1CCCC1C)C(C)(C)C.Cc1ncsc1-c1ccc(CNC=O)cc1. The Hall–Kier alpha value is -2.74. The number of benzene rings is 1. The van der Waals surface area contributed by atoms with Crippen LogP contribution in [0.15, 0.2) is 29.8 Å². The number of aromatic nitrogens is 1. The third-order valence-electron chi connectivity index (χ3n) is 5.65. The number of carbonyl (C=O) groups excluding carboxylic acids is 3. The summed E-state index contributed by atoms with van der Waals surface area (Å²) in [6.45, 7) is 12.9. The molecule has 2 aromatic rings. The van der Waals surface area contributed by atoms with Crippen LogP contribution in [0.2, 0.25) is 0 Å². The molecule has 0 spiro atoms. The predicted molar refractivity (Wildman–Crippen MR) is 133 cm³/mol. The first-order valence-electron chi connectivity index (χ1n) is 11.3. The Balaban J connectivity index is 0.000000234. The van der Waals surface area contributed by atoms with Gasteiger partial charge in [-0.2, -0.15) is 0 Å². The number of hydrogen-bond donors (Lipinski definition) is 2. The second-order valence-corrected chi connectivity index (χ2v) is 10.3. The quantitative estimate of drug-likeness (QED) is 0.624. The van der Waals surface area contributed by atoms with Gasteiger partial charge in [0.2, 0.25) is 18.2 Å². The van der Waals surface area contributed by atoms with Crippen LogP contribution in [-0.4, -0.2) is 46.7 Å². The molecule has 8 heteroatoms. The van der Waals surface area contributed by atoms with E-state index in [1.54, 1.807) is 11.3 Å². The fraction of sp³-hybridized carbons (Fsp3) is 0.520. The summed E-state index contributed by atoms with van der Waals surface area (Å²) in [7, 11) is 0. The molecule has 1 fully saturated rings. The number of hydrogen-bond acceptors (Lipinski definition) is 5. The summed E-state index contributed by atoms with van der Waals surface area (Å²) in [4.78, 5) is 41.2. The Morgan fingerprint density at radius 2 is 1.94 bits per heavy atom. The molecule has 1 aliphatic rings. The second kappa shape index (κ2) is 11.9. The van der Waals surface area contributed by atoms with Gasteiger partial charge in [0.05, 0.1) is 16.1 Å². The van der Waals surface area contributed by atoms with Gasteiger partial charge in [-0.25, -0.2) is 4.98 Å². The molecule has 1 aromatic carbocycles. The van der Waals surface area contributed by atoms with Gasteiger partial charge in [0.25, 0.3) is 0 Å². The van der Waals surface area contributed by atoms with Gasteiger partial charge in [0.15, 0.2) is 0 Å². The Bertz CT molecular complexity index is 934. The van der Waals surface area contributed by atoms with Crippen LogP contribution in [0.3, 0.4) is 0 Å². The first kappa shape index (κ1) is 26.5. The van der Waals surface area contributed by atoms with Gasteiger partial charge >= 0.3 is 0 Å². The van der Waals surface area contributed by atoms with Crippen molar-refractivity contribution in [3.63, 3.8) is 0 Å². The van der Waals surface area contributed by atoms with Crippen LogP contribution in [0.4, 0.5) is 0 Å². The lowest BCUT2D eigenvalue weighted by Crippen LogP contribution is -2.54. The summed E-state index contributed by atoms with van der Waals surface area (Å²) in [5.74, 6) is -0.0946. The molecular formula is C25H36N4O3S. The Labute approximate surface area is 201 Å². The van der Waals surface area contributed by atoms with Crippen molar-refractivity contribution in [1.82, 2.24) is 20.5 Å². The number of likely N-dealkylation sites (tertiary alicyclic amines) is 1. The van der Waals surface area contributed by atoms with Crippen molar-refractivity contribution < 1.29 is 14.4 Å². The molecule has 1 aliphatic heterocycles. The van der Waals surface area contributed by atoms with Crippen molar-refractivity contribution >= 4 is 29.6 Å². The van der Waals surface area contributed by atoms with E-state index in [0.29, 0.717) is 19.0 Å². The molecule has 2 unspecified atom stereocenters. The van der Waals surface area contributed by atoms with Gasteiger partial charge in [0, 0.05) is 26.1 Å². The van der Waals surface area contributed by atoms with E-state index in [0.717, 1.165) is 30.6 Å². The summed E-state index contributed by atoms with van der Waals surface area (Å²) < 4.78 is 0. The van der Waals surface area contributed by atoms with Crippen LogP contribution in [0.1, 0.15) is 58.7 Å². The maximum Gasteiger partial charge on any atom is 0.245 e. The van der Waals surface area contributed by atoms with Crippen LogP contribution in [-0.2, 0) is 20.9 Å². The van der Waals surface area contributed by atoms with Crippen LogP contribution in [0.25, 0.3) is 10.4 Å². The van der Waals surface area contributed by atoms with E-state index in [2.05, 4.69) is 34.7 Å². The smallest absolute Gasteiger partial charge is 0.245 e. The highest BCUT2D eigenvalue weighted by Gasteiger charge is 2.37.